The zero-order chi connectivity index (χ0) is 13.3. The van der Waals surface area contributed by atoms with E-state index in [1.54, 1.807) is 4.90 Å². The number of nitrogens with zero attached hydrogens (tertiary/aromatic N) is 2. The molecule has 0 aliphatic carbocycles. The molecule has 1 fully saturated rings. The Bertz CT molecular complexity index is 445. The van der Waals surface area contributed by atoms with Crippen LogP contribution in [0.1, 0.15) is 25.5 Å². The Morgan fingerprint density at radius 3 is 2.67 bits per heavy atom. The molecule has 0 saturated carbocycles. The van der Waals surface area contributed by atoms with Crippen molar-refractivity contribution >= 4 is 11.8 Å². The third-order valence-corrected chi connectivity index (χ3v) is 3.45. The third kappa shape index (κ3) is 2.15. The number of rotatable bonds is 3. The molecule has 1 aliphatic rings. The van der Waals surface area contributed by atoms with E-state index in [1.807, 2.05) is 51.0 Å². The lowest BCUT2D eigenvalue weighted by Gasteiger charge is -2.20. The second-order valence-corrected chi connectivity index (χ2v) is 4.82. The molecule has 1 heterocycles. The molecule has 0 radical (unpaired) electrons. The summed E-state index contributed by atoms with van der Waals surface area (Å²) in [6.07, 6.45) is -0.386. The van der Waals surface area contributed by atoms with Crippen LogP contribution in [-0.2, 0) is 4.74 Å². The number of likely N-dealkylation sites (N-methyl/N-ethyl adjacent to an activating group) is 1. The highest BCUT2D eigenvalue weighted by Gasteiger charge is 2.38. The van der Waals surface area contributed by atoms with E-state index in [1.165, 1.54) is 0 Å². The molecule has 4 nitrogen and oxygen atoms in total. The van der Waals surface area contributed by atoms with Gasteiger partial charge in [-0.2, -0.15) is 0 Å². The molecular formula is C14H20N2O2. The Morgan fingerprint density at radius 2 is 2.11 bits per heavy atom. The monoisotopic (exact) mass is 248 g/mol. The number of ether oxygens (including phenoxy) is 1. The maximum absolute atomic E-state index is 11.7. The zero-order valence-electron chi connectivity index (χ0n) is 11.4. The fraction of sp³-hybridized carbons (Fsp3) is 0.500. The highest BCUT2D eigenvalue weighted by molar-refractivity contribution is 5.71. The van der Waals surface area contributed by atoms with Gasteiger partial charge in [0.2, 0.25) is 0 Å². The first-order chi connectivity index (χ1) is 8.54. The van der Waals surface area contributed by atoms with Crippen molar-refractivity contribution in [3.05, 3.63) is 29.8 Å². The van der Waals surface area contributed by atoms with Gasteiger partial charge >= 0.3 is 6.09 Å². The molecule has 4 heteroatoms. The van der Waals surface area contributed by atoms with Crippen molar-refractivity contribution in [3.63, 3.8) is 0 Å². The molecule has 0 bridgehead atoms. The van der Waals surface area contributed by atoms with Crippen molar-refractivity contribution in [1.82, 2.24) is 4.90 Å². The van der Waals surface area contributed by atoms with Crippen LogP contribution in [0.15, 0.2) is 24.3 Å². The molecule has 1 aliphatic heterocycles. The van der Waals surface area contributed by atoms with Gasteiger partial charge < -0.3 is 14.5 Å². The molecule has 98 valence electrons. The predicted octanol–water partition coefficient (Wildman–Crippen LogP) is 2.65. The van der Waals surface area contributed by atoms with Crippen LogP contribution in [0.5, 0.6) is 0 Å². The summed E-state index contributed by atoms with van der Waals surface area (Å²) in [7, 11) is 4.00. The Hall–Kier alpha value is -1.71. The van der Waals surface area contributed by atoms with Gasteiger partial charge in [0.1, 0.15) is 6.10 Å². The second kappa shape index (κ2) is 4.88. The fourth-order valence-corrected chi connectivity index (χ4v) is 2.35. The van der Waals surface area contributed by atoms with Crippen molar-refractivity contribution in [1.29, 1.82) is 0 Å². The van der Waals surface area contributed by atoms with Gasteiger partial charge in [0.25, 0.3) is 0 Å². The lowest BCUT2D eigenvalue weighted by atomic mass is 10.0. The summed E-state index contributed by atoms with van der Waals surface area (Å²) in [6.45, 7) is 4.68. The zero-order valence-corrected chi connectivity index (χ0v) is 11.4. The van der Waals surface area contributed by atoms with Crippen LogP contribution >= 0.6 is 0 Å². The SMILES string of the molecule is CCN1C(=O)O[C@H](c2cccc(N(C)C)c2)[C@@H]1C. The molecule has 2 atom stereocenters. The van der Waals surface area contributed by atoms with Crippen LogP contribution in [-0.4, -0.2) is 37.7 Å². The summed E-state index contributed by atoms with van der Waals surface area (Å²) in [5.74, 6) is 0. The lowest BCUT2D eigenvalue weighted by molar-refractivity contribution is 0.131. The number of carbonyl (C=O) groups excluding carboxylic acids is 1. The van der Waals surface area contributed by atoms with Crippen molar-refractivity contribution in [3.8, 4) is 0 Å². The van der Waals surface area contributed by atoms with Gasteiger partial charge in [-0.15, -0.1) is 0 Å². The first-order valence-corrected chi connectivity index (χ1v) is 6.29. The van der Waals surface area contributed by atoms with E-state index >= 15 is 0 Å². The summed E-state index contributed by atoms with van der Waals surface area (Å²) in [5.41, 5.74) is 2.17. The van der Waals surface area contributed by atoms with E-state index < -0.39 is 0 Å². The van der Waals surface area contributed by atoms with Gasteiger partial charge in [-0.25, -0.2) is 4.79 Å². The van der Waals surface area contributed by atoms with Gasteiger partial charge in [0.05, 0.1) is 6.04 Å². The van der Waals surface area contributed by atoms with Crippen molar-refractivity contribution in [2.24, 2.45) is 0 Å². The largest absolute Gasteiger partial charge is 0.439 e. The van der Waals surface area contributed by atoms with Gasteiger partial charge in [-0.05, 0) is 31.5 Å². The van der Waals surface area contributed by atoms with Crippen molar-refractivity contribution in [2.75, 3.05) is 25.5 Å². The first kappa shape index (κ1) is 12.7. The van der Waals surface area contributed by atoms with Crippen LogP contribution in [0.25, 0.3) is 0 Å². The predicted molar refractivity (Wildman–Crippen MR) is 71.8 cm³/mol. The van der Waals surface area contributed by atoms with Crippen LogP contribution in [0.2, 0.25) is 0 Å². The number of hydrogen-bond acceptors (Lipinski definition) is 3. The molecular weight excluding hydrogens is 228 g/mol. The Labute approximate surface area is 108 Å². The molecule has 18 heavy (non-hydrogen) atoms. The van der Waals surface area contributed by atoms with Gasteiger partial charge in [0, 0.05) is 26.3 Å². The number of carbonyl (C=O) groups is 1. The highest BCUT2D eigenvalue weighted by atomic mass is 16.6. The quantitative estimate of drug-likeness (QED) is 0.824. The highest BCUT2D eigenvalue weighted by Crippen LogP contribution is 2.33. The minimum Gasteiger partial charge on any atom is -0.439 e. The molecule has 1 aromatic carbocycles. The summed E-state index contributed by atoms with van der Waals surface area (Å²) >= 11 is 0. The van der Waals surface area contributed by atoms with Gasteiger partial charge in [0.15, 0.2) is 0 Å². The average Bonchev–Trinajstić information content (AvgIpc) is 2.64. The number of anilines is 1. The number of cyclic esters (lactones) is 1. The van der Waals surface area contributed by atoms with Crippen LogP contribution in [0.4, 0.5) is 10.5 Å². The molecule has 2 rings (SSSR count). The summed E-state index contributed by atoms with van der Waals surface area (Å²) in [4.78, 5) is 15.5. The molecule has 1 amide bonds. The van der Waals surface area contributed by atoms with Crippen molar-refractivity contribution < 1.29 is 9.53 Å². The van der Waals surface area contributed by atoms with E-state index in [0.29, 0.717) is 6.54 Å². The molecule has 0 unspecified atom stereocenters. The third-order valence-electron chi connectivity index (χ3n) is 3.45. The Morgan fingerprint density at radius 1 is 1.39 bits per heavy atom. The standard InChI is InChI=1S/C14H20N2O2/c1-5-16-10(2)13(18-14(16)17)11-7-6-8-12(9-11)15(3)4/h6-10,13H,5H2,1-4H3/t10-,13-/m0/s1. The van der Waals surface area contributed by atoms with Crippen LogP contribution in [0.3, 0.4) is 0 Å². The summed E-state index contributed by atoms with van der Waals surface area (Å²) in [6, 6.07) is 8.22. The van der Waals surface area contributed by atoms with Crippen molar-refractivity contribution in [2.45, 2.75) is 26.0 Å². The van der Waals surface area contributed by atoms with E-state index in [9.17, 15) is 4.79 Å². The summed E-state index contributed by atoms with van der Waals surface area (Å²) < 4.78 is 5.47. The van der Waals surface area contributed by atoms with Gasteiger partial charge in [-0.3, -0.25) is 0 Å². The minimum absolute atomic E-state index is 0.0833. The molecule has 0 spiro atoms. The molecule has 0 aromatic heterocycles. The maximum atomic E-state index is 11.7. The summed E-state index contributed by atoms with van der Waals surface area (Å²) in [5, 5.41) is 0. The molecule has 1 saturated heterocycles. The lowest BCUT2D eigenvalue weighted by Crippen LogP contribution is -2.31. The average molecular weight is 248 g/mol. The van der Waals surface area contributed by atoms with E-state index in [0.717, 1.165) is 11.3 Å². The second-order valence-electron chi connectivity index (χ2n) is 4.82. The number of amides is 1. The fourth-order valence-electron chi connectivity index (χ4n) is 2.35. The molecule has 1 aromatic rings. The van der Waals surface area contributed by atoms with Gasteiger partial charge in [-0.1, -0.05) is 12.1 Å². The smallest absolute Gasteiger partial charge is 0.410 e. The molecule has 0 N–H and O–H groups in total. The van der Waals surface area contributed by atoms with Crippen LogP contribution in [0, 0.1) is 0 Å². The first-order valence-electron chi connectivity index (χ1n) is 6.29. The Balaban J connectivity index is 2.27. The van der Waals surface area contributed by atoms with E-state index in [-0.39, 0.29) is 18.2 Å². The normalized spacial score (nSPS) is 23.1. The topological polar surface area (TPSA) is 32.8 Å². The van der Waals surface area contributed by atoms with E-state index in [4.69, 9.17) is 4.74 Å². The van der Waals surface area contributed by atoms with Crippen LogP contribution < -0.4 is 4.90 Å². The Kier molecular flexibility index (Phi) is 3.45. The number of hydrogen-bond donors (Lipinski definition) is 0. The maximum Gasteiger partial charge on any atom is 0.410 e. The number of benzene rings is 1. The van der Waals surface area contributed by atoms with E-state index in [2.05, 4.69) is 6.07 Å². The minimum atomic E-state index is -0.217.